The Morgan fingerprint density at radius 1 is 1.17 bits per heavy atom. The lowest BCUT2D eigenvalue weighted by Crippen LogP contribution is -2.37. The Labute approximate surface area is 144 Å². The first-order chi connectivity index (χ1) is 11.2. The van der Waals surface area contributed by atoms with Gasteiger partial charge < -0.3 is 11.1 Å². The van der Waals surface area contributed by atoms with Crippen LogP contribution in [0.1, 0.15) is 34.6 Å². The first kappa shape index (κ1) is 16.5. The van der Waals surface area contributed by atoms with Gasteiger partial charge in [-0.3, -0.25) is 0 Å². The van der Waals surface area contributed by atoms with Crippen LogP contribution in [0.4, 0.5) is 0 Å². The number of halogens is 1. The molecule has 0 fully saturated rings. The third kappa shape index (κ3) is 3.77. The van der Waals surface area contributed by atoms with Gasteiger partial charge >= 0.3 is 0 Å². The molecule has 0 spiro atoms. The third-order valence-corrected chi connectivity index (χ3v) is 5.20. The number of fused-ring (bicyclic) bond motifs is 1. The summed E-state index contributed by atoms with van der Waals surface area (Å²) < 4.78 is 0. The standard InChI is InChI=1S/C20H25ClN2/c1-23-20-8-7-16-6-5-14(9-10-22)12-18(16)19(20)13-15-3-2-4-17(21)11-15/h2-6,11-12,19-20,23H,7-10,13,22H2,1H3. The van der Waals surface area contributed by atoms with Crippen molar-refractivity contribution >= 4 is 11.6 Å². The van der Waals surface area contributed by atoms with Gasteiger partial charge in [-0.05, 0) is 73.7 Å². The minimum Gasteiger partial charge on any atom is -0.330 e. The van der Waals surface area contributed by atoms with Gasteiger partial charge in [0.25, 0.3) is 0 Å². The summed E-state index contributed by atoms with van der Waals surface area (Å²) in [7, 11) is 2.07. The number of aryl methyl sites for hydroxylation is 1. The highest BCUT2D eigenvalue weighted by molar-refractivity contribution is 6.30. The fraction of sp³-hybridized carbons (Fsp3) is 0.400. The smallest absolute Gasteiger partial charge is 0.0408 e. The monoisotopic (exact) mass is 328 g/mol. The van der Waals surface area contributed by atoms with Crippen LogP contribution < -0.4 is 11.1 Å². The van der Waals surface area contributed by atoms with Crippen molar-refractivity contribution in [3.63, 3.8) is 0 Å². The molecular weight excluding hydrogens is 304 g/mol. The van der Waals surface area contributed by atoms with Gasteiger partial charge in [0, 0.05) is 17.0 Å². The second-order valence-corrected chi connectivity index (χ2v) is 6.88. The Kier molecular flexibility index (Phi) is 5.37. The summed E-state index contributed by atoms with van der Waals surface area (Å²) >= 11 is 6.17. The molecule has 3 N–H and O–H groups in total. The molecule has 2 atom stereocenters. The van der Waals surface area contributed by atoms with Crippen molar-refractivity contribution in [3.05, 3.63) is 69.7 Å². The van der Waals surface area contributed by atoms with Gasteiger partial charge in [0.2, 0.25) is 0 Å². The fourth-order valence-corrected chi connectivity index (χ4v) is 4.00. The van der Waals surface area contributed by atoms with E-state index in [4.69, 9.17) is 17.3 Å². The summed E-state index contributed by atoms with van der Waals surface area (Å²) in [6.45, 7) is 0.702. The van der Waals surface area contributed by atoms with Crippen LogP contribution in [0.3, 0.4) is 0 Å². The van der Waals surface area contributed by atoms with E-state index in [9.17, 15) is 0 Å². The summed E-state index contributed by atoms with van der Waals surface area (Å²) in [4.78, 5) is 0. The molecule has 3 rings (SSSR count). The van der Waals surface area contributed by atoms with Gasteiger partial charge in [0.15, 0.2) is 0 Å². The molecule has 3 heteroatoms. The van der Waals surface area contributed by atoms with E-state index < -0.39 is 0 Å². The zero-order valence-electron chi connectivity index (χ0n) is 13.7. The highest BCUT2D eigenvalue weighted by Crippen LogP contribution is 2.35. The Morgan fingerprint density at radius 2 is 2.04 bits per heavy atom. The average Bonchev–Trinajstić information content (AvgIpc) is 2.56. The zero-order chi connectivity index (χ0) is 16.2. The molecule has 0 aromatic heterocycles. The van der Waals surface area contributed by atoms with Crippen molar-refractivity contribution in [2.24, 2.45) is 5.73 Å². The maximum Gasteiger partial charge on any atom is 0.0408 e. The molecule has 23 heavy (non-hydrogen) atoms. The maximum absolute atomic E-state index is 6.17. The van der Waals surface area contributed by atoms with Gasteiger partial charge in [-0.2, -0.15) is 0 Å². The quantitative estimate of drug-likeness (QED) is 0.878. The summed E-state index contributed by atoms with van der Waals surface area (Å²) in [5.41, 5.74) is 11.4. The van der Waals surface area contributed by atoms with Gasteiger partial charge in [-0.15, -0.1) is 0 Å². The van der Waals surface area contributed by atoms with Gasteiger partial charge in [-0.25, -0.2) is 0 Å². The van der Waals surface area contributed by atoms with Crippen LogP contribution in [-0.2, 0) is 19.3 Å². The summed E-state index contributed by atoms with van der Waals surface area (Å²) in [6.07, 6.45) is 4.30. The van der Waals surface area contributed by atoms with Crippen LogP contribution in [-0.4, -0.2) is 19.6 Å². The van der Waals surface area contributed by atoms with Gasteiger partial charge in [0.1, 0.15) is 0 Å². The molecule has 0 saturated heterocycles. The summed E-state index contributed by atoms with van der Waals surface area (Å²) in [5, 5.41) is 4.34. The molecule has 2 nitrogen and oxygen atoms in total. The lowest BCUT2D eigenvalue weighted by molar-refractivity contribution is 0.409. The molecule has 0 aliphatic heterocycles. The van der Waals surface area contributed by atoms with Crippen LogP contribution in [0.2, 0.25) is 5.02 Å². The third-order valence-electron chi connectivity index (χ3n) is 4.97. The predicted octanol–water partition coefficient (Wildman–Crippen LogP) is 3.70. The first-order valence-corrected chi connectivity index (χ1v) is 8.82. The molecular formula is C20H25ClN2. The van der Waals surface area contributed by atoms with Crippen LogP contribution in [0.5, 0.6) is 0 Å². The molecule has 1 aliphatic carbocycles. The van der Waals surface area contributed by atoms with Crippen molar-refractivity contribution in [2.75, 3.05) is 13.6 Å². The molecule has 0 heterocycles. The summed E-state index contributed by atoms with van der Waals surface area (Å²) in [6, 6.07) is 15.7. The molecule has 0 radical (unpaired) electrons. The molecule has 122 valence electrons. The Hall–Kier alpha value is -1.35. The van der Waals surface area contributed by atoms with E-state index in [0.29, 0.717) is 18.5 Å². The molecule has 2 aromatic carbocycles. The Balaban J connectivity index is 1.94. The highest BCUT2D eigenvalue weighted by Gasteiger charge is 2.28. The van der Waals surface area contributed by atoms with Crippen molar-refractivity contribution in [1.29, 1.82) is 0 Å². The van der Waals surface area contributed by atoms with Gasteiger partial charge in [0.05, 0.1) is 0 Å². The van der Waals surface area contributed by atoms with E-state index in [2.05, 4.69) is 42.7 Å². The molecule has 2 unspecified atom stereocenters. The maximum atomic E-state index is 6.17. The number of hydrogen-bond acceptors (Lipinski definition) is 2. The van der Waals surface area contributed by atoms with Crippen LogP contribution in [0.15, 0.2) is 42.5 Å². The van der Waals surface area contributed by atoms with Crippen molar-refractivity contribution in [1.82, 2.24) is 5.32 Å². The van der Waals surface area contributed by atoms with E-state index in [1.807, 2.05) is 12.1 Å². The molecule has 0 bridgehead atoms. The minimum atomic E-state index is 0.486. The first-order valence-electron chi connectivity index (χ1n) is 8.44. The molecule has 0 saturated carbocycles. The van der Waals surface area contributed by atoms with E-state index in [0.717, 1.165) is 24.3 Å². The number of benzene rings is 2. The Bertz CT molecular complexity index is 668. The topological polar surface area (TPSA) is 38.0 Å². The minimum absolute atomic E-state index is 0.486. The summed E-state index contributed by atoms with van der Waals surface area (Å²) in [5.74, 6) is 0.486. The zero-order valence-corrected chi connectivity index (χ0v) is 14.4. The largest absolute Gasteiger partial charge is 0.330 e. The Morgan fingerprint density at radius 3 is 2.78 bits per heavy atom. The lowest BCUT2D eigenvalue weighted by Gasteiger charge is -2.34. The number of nitrogens with one attached hydrogen (secondary N) is 1. The molecule has 0 amide bonds. The normalized spacial score (nSPS) is 20.3. The van der Waals surface area contributed by atoms with Crippen molar-refractivity contribution in [3.8, 4) is 0 Å². The number of rotatable bonds is 5. The lowest BCUT2D eigenvalue weighted by atomic mass is 9.75. The van der Waals surface area contributed by atoms with Crippen LogP contribution in [0, 0.1) is 0 Å². The van der Waals surface area contributed by atoms with Crippen molar-refractivity contribution < 1.29 is 0 Å². The van der Waals surface area contributed by atoms with E-state index in [1.54, 1.807) is 0 Å². The van der Waals surface area contributed by atoms with E-state index in [1.165, 1.54) is 28.7 Å². The second-order valence-electron chi connectivity index (χ2n) is 6.45. The van der Waals surface area contributed by atoms with Crippen LogP contribution in [0.25, 0.3) is 0 Å². The van der Waals surface area contributed by atoms with Gasteiger partial charge in [-0.1, -0.05) is 41.9 Å². The number of likely N-dealkylation sites (N-methyl/N-ethyl adjacent to an activating group) is 1. The highest BCUT2D eigenvalue weighted by atomic mass is 35.5. The average molecular weight is 329 g/mol. The van der Waals surface area contributed by atoms with E-state index in [-0.39, 0.29) is 0 Å². The van der Waals surface area contributed by atoms with Crippen molar-refractivity contribution in [2.45, 2.75) is 37.6 Å². The number of nitrogens with two attached hydrogens (primary N) is 1. The second kappa shape index (κ2) is 7.48. The molecule has 2 aromatic rings. The molecule has 1 aliphatic rings. The fourth-order valence-electron chi connectivity index (χ4n) is 3.78. The number of hydrogen-bond donors (Lipinski definition) is 2. The SMILES string of the molecule is CNC1CCc2ccc(CCN)cc2C1Cc1cccc(Cl)c1. The predicted molar refractivity (Wildman–Crippen MR) is 98.3 cm³/mol. The van der Waals surface area contributed by atoms with E-state index >= 15 is 0 Å². The van der Waals surface area contributed by atoms with Crippen LogP contribution >= 0.6 is 11.6 Å².